The van der Waals surface area contributed by atoms with E-state index in [1.165, 1.54) is 0 Å². The summed E-state index contributed by atoms with van der Waals surface area (Å²) in [7, 11) is 0. The van der Waals surface area contributed by atoms with Crippen LogP contribution in [0, 0.1) is 0 Å². The Hall–Kier alpha value is -5.88. The molecule has 0 radical (unpaired) electrons. The van der Waals surface area contributed by atoms with Crippen molar-refractivity contribution in [1.29, 1.82) is 0 Å². The average molecular weight is 583 g/mol. The van der Waals surface area contributed by atoms with Crippen molar-refractivity contribution in [2.75, 3.05) is 0 Å². The Kier molecular flexibility index (Phi) is 7.11. The molecule has 0 aliphatic carbocycles. The normalized spacial score (nSPS) is 11.4. The summed E-state index contributed by atoms with van der Waals surface area (Å²) >= 11 is 0. The highest BCUT2D eigenvalue weighted by Gasteiger charge is 2.39. The molecular formula is C38H30O6. The van der Waals surface area contributed by atoms with Crippen LogP contribution < -0.4 is 0 Å². The first-order chi connectivity index (χ1) is 21.2. The molecule has 6 nitrogen and oxygen atoms in total. The molecule has 0 saturated heterocycles. The lowest BCUT2D eigenvalue weighted by Crippen LogP contribution is -2.26. The first-order valence-electron chi connectivity index (χ1n) is 14.0. The monoisotopic (exact) mass is 582 g/mol. The molecule has 0 saturated carbocycles. The summed E-state index contributed by atoms with van der Waals surface area (Å²) in [4.78, 5) is 0. The van der Waals surface area contributed by atoms with Crippen LogP contribution in [-0.2, 0) is 5.41 Å². The SMILES string of the molecule is CC(c1cccc(-c2ccc(O)cc2)c1O)(c1cccc(-c2ccc(O)cc2)c1O)c1cccc(-c2ccc(O)cc2)c1O. The van der Waals surface area contributed by atoms with Gasteiger partial charge in [-0.25, -0.2) is 0 Å². The maximum Gasteiger partial charge on any atom is 0.127 e. The van der Waals surface area contributed by atoms with E-state index in [1.807, 2.05) is 6.92 Å². The summed E-state index contributed by atoms with van der Waals surface area (Å²) in [5.74, 6) is 0.141. The molecule has 6 aromatic carbocycles. The summed E-state index contributed by atoms with van der Waals surface area (Å²) in [5, 5.41) is 65.2. The van der Waals surface area contributed by atoms with Crippen molar-refractivity contribution < 1.29 is 30.6 Å². The van der Waals surface area contributed by atoms with Gasteiger partial charge in [0.15, 0.2) is 0 Å². The zero-order valence-corrected chi connectivity index (χ0v) is 23.8. The van der Waals surface area contributed by atoms with Crippen LogP contribution in [0.3, 0.4) is 0 Å². The Labute approximate surface area is 254 Å². The topological polar surface area (TPSA) is 121 Å². The van der Waals surface area contributed by atoms with Crippen LogP contribution in [0.25, 0.3) is 33.4 Å². The number of phenols is 6. The minimum atomic E-state index is -1.30. The van der Waals surface area contributed by atoms with Crippen LogP contribution in [0.5, 0.6) is 34.5 Å². The zero-order chi connectivity index (χ0) is 31.0. The number of benzene rings is 6. The molecule has 0 fully saturated rings. The van der Waals surface area contributed by atoms with E-state index in [4.69, 9.17) is 0 Å². The van der Waals surface area contributed by atoms with E-state index in [9.17, 15) is 30.6 Å². The molecule has 6 rings (SSSR count). The van der Waals surface area contributed by atoms with Gasteiger partial charge in [0.05, 0.1) is 5.41 Å². The van der Waals surface area contributed by atoms with Crippen LogP contribution in [0.2, 0.25) is 0 Å². The maximum atomic E-state index is 11.9. The van der Waals surface area contributed by atoms with Gasteiger partial charge in [-0.15, -0.1) is 0 Å². The fraction of sp³-hybridized carbons (Fsp3) is 0.0526. The van der Waals surface area contributed by atoms with Gasteiger partial charge in [-0.05, 0) is 60.0 Å². The van der Waals surface area contributed by atoms with Gasteiger partial charge < -0.3 is 30.6 Å². The van der Waals surface area contributed by atoms with E-state index in [1.54, 1.807) is 127 Å². The molecule has 218 valence electrons. The summed E-state index contributed by atoms with van der Waals surface area (Å²) in [6, 6.07) is 35.5. The maximum absolute atomic E-state index is 11.9. The van der Waals surface area contributed by atoms with E-state index in [-0.39, 0.29) is 34.5 Å². The summed E-state index contributed by atoms with van der Waals surface area (Å²) in [6.07, 6.45) is 0. The number of phenolic OH excluding ortho intramolecular Hbond substituents is 6. The fourth-order valence-electron chi connectivity index (χ4n) is 5.90. The Morgan fingerprint density at radius 1 is 0.341 bits per heavy atom. The third-order valence-corrected chi connectivity index (χ3v) is 8.26. The van der Waals surface area contributed by atoms with Gasteiger partial charge in [0.2, 0.25) is 0 Å². The third-order valence-electron chi connectivity index (χ3n) is 8.26. The molecule has 6 heteroatoms. The standard InChI is InChI=1S/C38H30O6/c1-38(32-8-2-5-29(35(32)42)23-11-17-26(39)18-12-23,33-9-3-6-30(36(33)43)24-13-19-27(40)20-14-24)34-10-4-7-31(37(34)44)25-15-21-28(41)22-16-25/h2-22,39-44H,1H3. The van der Waals surface area contributed by atoms with Crippen LogP contribution in [0.1, 0.15) is 23.6 Å². The number of aromatic hydroxyl groups is 6. The Morgan fingerprint density at radius 3 is 0.841 bits per heavy atom. The molecule has 44 heavy (non-hydrogen) atoms. The van der Waals surface area contributed by atoms with Gasteiger partial charge in [-0.1, -0.05) is 91.0 Å². The first kappa shape index (κ1) is 28.2. The van der Waals surface area contributed by atoms with Crippen LogP contribution in [0.15, 0.2) is 127 Å². The van der Waals surface area contributed by atoms with Crippen molar-refractivity contribution in [2.45, 2.75) is 12.3 Å². The smallest absolute Gasteiger partial charge is 0.127 e. The third kappa shape index (κ3) is 4.82. The highest BCUT2D eigenvalue weighted by molar-refractivity contribution is 5.80. The fourth-order valence-corrected chi connectivity index (χ4v) is 5.90. The number of hydrogen-bond acceptors (Lipinski definition) is 6. The Morgan fingerprint density at radius 2 is 0.591 bits per heavy atom. The van der Waals surface area contributed by atoms with E-state index in [0.717, 1.165) is 0 Å². The minimum Gasteiger partial charge on any atom is -0.508 e. The van der Waals surface area contributed by atoms with Crippen molar-refractivity contribution in [3.8, 4) is 67.9 Å². The van der Waals surface area contributed by atoms with Gasteiger partial charge in [-0.3, -0.25) is 0 Å². The molecule has 0 unspecified atom stereocenters. The second-order valence-corrected chi connectivity index (χ2v) is 10.9. The highest BCUT2D eigenvalue weighted by atomic mass is 16.3. The van der Waals surface area contributed by atoms with Crippen molar-refractivity contribution in [2.24, 2.45) is 0 Å². The lowest BCUT2D eigenvalue weighted by molar-refractivity contribution is 0.431. The average Bonchev–Trinajstić information content (AvgIpc) is 3.03. The van der Waals surface area contributed by atoms with Crippen LogP contribution >= 0.6 is 0 Å². The van der Waals surface area contributed by atoms with Crippen molar-refractivity contribution in [1.82, 2.24) is 0 Å². The van der Waals surface area contributed by atoms with E-state index >= 15 is 0 Å². The van der Waals surface area contributed by atoms with Crippen molar-refractivity contribution >= 4 is 0 Å². The van der Waals surface area contributed by atoms with Gasteiger partial charge >= 0.3 is 0 Å². The summed E-state index contributed by atoms with van der Waals surface area (Å²) in [6.45, 7) is 1.84. The lowest BCUT2D eigenvalue weighted by atomic mass is 9.68. The highest BCUT2D eigenvalue weighted by Crippen LogP contribution is 2.53. The quantitative estimate of drug-likeness (QED) is 0.110. The molecule has 0 aliphatic heterocycles. The summed E-state index contributed by atoms with van der Waals surface area (Å²) in [5.41, 5.74) is 3.55. The predicted octanol–water partition coefficient (Wildman–Crippen LogP) is 8.28. The lowest BCUT2D eigenvalue weighted by Gasteiger charge is -2.35. The van der Waals surface area contributed by atoms with Crippen molar-refractivity contribution in [3.63, 3.8) is 0 Å². The second kappa shape index (κ2) is 11.1. The molecule has 0 aromatic heterocycles. The van der Waals surface area contributed by atoms with Gasteiger partial charge in [0.1, 0.15) is 34.5 Å². The largest absolute Gasteiger partial charge is 0.508 e. The molecule has 0 aliphatic rings. The molecule has 0 spiro atoms. The van der Waals surface area contributed by atoms with Gasteiger partial charge in [0, 0.05) is 33.4 Å². The van der Waals surface area contributed by atoms with E-state index in [0.29, 0.717) is 50.1 Å². The molecule has 0 atom stereocenters. The number of rotatable bonds is 6. The Bertz CT molecular complexity index is 1730. The molecule has 0 bridgehead atoms. The molecule has 6 N–H and O–H groups in total. The van der Waals surface area contributed by atoms with E-state index < -0.39 is 5.41 Å². The number of hydrogen-bond donors (Lipinski definition) is 6. The summed E-state index contributed by atoms with van der Waals surface area (Å²) < 4.78 is 0. The van der Waals surface area contributed by atoms with E-state index in [2.05, 4.69) is 0 Å². The molecule has 6 aromatic rings. The number of para-hydroxylation sites is 3. The van der Waals surface area contributed by atoms with Crippen molar-refractivity contribution in [3.05, 3.63) is 144 Å². The minimum absolute atomic E-state index is 0.0513. The molecule has 0 amide bonds. The molecular weight excluding hydrogens is 552 g/mol. The second-order valence-electron chi connectivity index (χ2n) is 10.9. The first-order valence-corrected chi connectivity index (χ1v) is 14.0. The molecule has 0 heterocycles. The van der Waals surface area contributed by atoms with Gasteiger partial charge in [-0.2, -0.15) is 0 Å². The predicted molar refractivity (Wildman–Crippen MR) is 171 cm³/mol. The van der Waals surface area contributed by atoms with Crippen LogP contribution in [0.4, 0.5) is 0 Å². The van der Waals surface area contributed by atoms with Gasteiger partial charge in [0.25, 0.3) is 0 Å². The Balaban J connectivity index is 1.64. The zero-order valence-electron chi connectivity index (χ0n) is 23.8. The van der Waals surface area contributed by atoms with Crippen LogP contribution in [-0.4, -0.2) is 30.6 Å².